The predicted octanol–water partition coefficient (Wildman–Crippen LogP) is 2.85. The molecule has 0 saturated carbocycles. The summed E-state index contributed by atoms with van der Waals surface area (Å²) in [7, 11) is -7.11. The van der Waals surface area contributed by atoms with Crippen LogP contribution in [0.5, 0.6) is 0 Å². The standard InChI is InChI=1S/C13H32O4Si4/c1-10-12(13(14)11(2)3)21(15-18(4)5,16-19(6)7)17-20(8)9/h12,18-20H,2,10H2,1,3-9H3. The van der Waals surface area contributed by atoms with E-state index in [-0.39, 0.29) is 11.3 Å². The van der Waals surface area contributed by atoms with Gasteiger partial charge in [0.2, 0.25) is 0 Å². The molecule has 1 atom stereocenters. The summed E-state index contributed by atoms with van der Waals surface area (Å²) in [4.78, 5) is 12.6. The van der Waals surface area contributed by atoms with Crippen molar-refractivity contribution < 1.29 is 17.1 Å². The van der Waals surface area contributed by atoms with Gasteiger partial charge in [-0.05, 0) is 58.2 Å². The second-order valence-corrected chi connectivity index (χ2v) is 17.2. The van der Waals surface area contributed by atoms with E-state index in [0.29, 0.717) is 12.0 Å². The van der Waals surface area contributed by atoms with Gasteiger partial charge in [-0.25, -0.2) is 0 Å². The normalized spacial score (nSPS) is 14.0. The quantitative estimate of drug-likeness (QED) is 0.442. The van der Waals surface area contributed by atoms with Gasteiger partial charge in [0.05, 0.1) is 5.54 Å². The van der Waals surface area contributed by atoms with Gasteiger partial charge in [-0.1, -0.05) is 13.5 Å². The molecule has 0 aliphatic carbocycles. The minimum absolute atomic E-state index is 0.0446. The van der Waals surface area contributed by atoms with E-state index >= 15 is 0 Å². The summed E-state index contributed by atoms with van der Waals surface area (Å²) in [6.07, 6.45) is 0.682. The van der Waals surface area contributed by atoms with Gasteiger partial charge in [0.25, 0.3) is 0 Å². The Bertz CT molecular complexity index is 332. The topological polar surface area (TPSA) is 44.8 Å². The number of carbonyl (C=O) groups is 1. The molecule has 0 fully saturated rings. The van der Waals surface area contributed by atoms with Crippen LogP contribution in [0.2, 0.25) is 44.8 Å². The van der Waals surface area contributed by atoms with Crippen molar-refractivity contribution in [2.24, 2.45) is 0 Å². The van der Waals surface area contributed by atoms with Gasteiger partial charge in [-0.3, -0.25) is 4.79 Å². The van der Waals surface area contributed by atoms with Crippen LogP contribution in [-0.2, 0) is 17.1 Å². The summed E-state index contributed by atoms with van der Waals surface area (Å²) in [5, 5.41) is 0. The Balaban J connectivity index is 5.76. The molecule has 0 aromatic rings. The van der Waals surface area contributed by atoms with Crippen molar-refractivity contribution in [1.82, 2.24) is 0 Å². The van der Waals surface area contributed by atoms with Crippen molar-refractivity contribution >= 4 is 41.7 Å². The maximum atomic E-state index is 12.6. The van der Waals surface area contributed by atoms with Gasteiger partial charge in [0.1, 0.15) is 0 Å². The molecule has 0 amide bonds. The number of Topliss-reactive ketones (excluding diaryl/α,β-unsaturated/α-hetero) is 1. The van der Waals surface area contributed by atoms with Crippen LogP contribution >= 0.6 is 0 Å². The average Bonchev–Trinajstić information content (AvgIpc) is 2.25. The molecular weight excluding hydrogens is 332 g/mol. The van der Waals surface area contributed by atoms with E-state index < -0.39 is 35.9 Å². The Kier molecular flexibility index (Phi) is 9.40. The number of ketones is 1. The highest BCUT2D eigenvalue weighted by atomic mass is 28.5. The highest BCUT2D eigenvalue weighted by Gasteiger charge is 2.53. The smallest absolute Gasteiger partial charge is 0.419 e. The minimum atomic E-state index is -2.97. The fourth-order valence-corrected chi connectivity index (χ4v) is 15.3. The Labute approximate surface area is 136 Å². The molecule has 1 unspecified atom stereocenters. The number of allylic oxidation sites excluding steroid dienone is 1. The van der Waals surface area contributed by atoms with E-state index in [0.717, 1.165) is 0 Å². The second-order valence-electron chi connectivity index (χ2n) is 6.21. The summed E-state index contributed by atoms with van der Waals surface area (Å²) in [5.41, 5.74) is 0.269. The zero-order valence-corrected chi connectivity index (χ0v) is 19.3. The van der Waals surface area contributed by atoms with Crippen LogP contribution < -0.4 is 0 Å². The minimum Gasteiger partial charge on any atom is -0.419 e. The average molecular weight is 365 g/mol. The third-order valence-corrected chi connectivity index (χ3v) is 13.9. The lowest BCUT2D eigenvalue weighted by Gasteiger charge is -2.39. The van der Waals surface area contributed by atoms with E-state index in [4.69, 9.17) is 12.3 Å². The van der Waals surface area contributed by atoms with Crippen molar-refractivity contribution in [2.75, 3.05) is 0 Å². The van der Waals surface area contributed by atoms with Crippen LogP contribution in [0.15, 0.2) is 12.2 Å². The summed E-state index contributed by atoms with van der Waals surface area (Å²) < 4.78 is 19.0. The molecule has 0 aliphatic rings. The molecule has 0 bridgehead atoms. The lowest BCUT2D eigenvalue weighted by atomic mass is 10.1. The van der Waals surface area contributed by atoms with Crippen molar-refractivity contribution in [1.29, 1.82) is 0 Å². The number of hydrogen-bond donors (Lipinski definition) is 0. The number of hydrogen-bond acceptors (Lipinski definition) is 4. The van der Waals surface area contributed by atoms with Gasteiger partial charge in [-0.2, -0.15) is 0 Å². The third kappa shape index (κ3) is 6.85. The van der Waals surface area contributed by atoms with E-state index in [1.807, 2.05) is 6.92 Å². The molecule has 0 saturated heterocycles. The zero-order chi connectivity index (χ0) is 16.8. The molecule has 0 N–H and O–H groups in total. The first-order valence-electron chi connectivity index (χ1n) is 7.78. The first kappa shape index (κ1) is 21.2. The van der Waals surface area contributed by atoms with Crippen molar-refractivity contribution in [3.63, 3.8) is 0 Å². The van der Waals surface area contributed by atoms with Gasteiger partial charge in [0.15, 0.2) is 32.9 Å². The Morgan fingerprint density at radius 2 is 1.33 bits per heavy atom. The van der Waals surface area contributed by atoms with Crippen LogP contribution in [0.25, 0.3) is 0 Å². The monoisotopic (exact) mass is 364 g/mol. The van der Waals surface area contributed by atoms with Crippen LogP contribution in [-0.4, -0.2) is 41.7 Å². The van der Waals surface area contributed by atoms with Gasteiger partial charge < -0.3 is 12.3 Å². The first-order valence-corrected chi connectivity index (χ1v) is 17.9. The first-order chi connectivity index (χ1) is 9.55. The van der Waals surface area contributed by atoms with E-state index in [2.05, 4.69) is 45.9 Å². The predicted molar refractivity (Wildman–Crippen MR) is 99.5 cm³/mol. The van der Waals surface area contributed by atoms with E-state index in [1.165, 1.54) is 0 Å². The van der Waals surface area contributed by atoms with E-state index in [9.17, 15) is 4.79 Å². The highest BCUT2D eigenvalue weighted by molar-refractivity contribution is 6.83. The van der Waals surface area contributed by atoms with E-state index in [1.54, 1.807) is 6.92 Å². The maximum absolute atomic E-state index is 12.6. The Hall–Kier alpha value is 0.158. The lowest BCUT2D eigenvalue weighted by Crippen LogP contribution is -2.58. The Morgan fingerprint density at radius 3 is 1.52 bits per heavy atom. The fourth-order valence-electron chi connectivity index (χ4n) is 2.21. The van der Waals surface area contributed by atoms with Gasteiger partial charge >= 0.3 is 8.80 Å². The number of carbonyl (C=O) groups excluding carboxylic acids is 1. The zero-order valence-electron chi connectivity index (χ0n) is 14.9. The second kappa shape index (κ2) is 9.33. The summed E-state index contributed by atoms with van der Waals surface area (Å²) >= 11 is 0. The van der Waals surface area contributed by atoms with Crippen molar-refractivity contribution in [2.45, 2.75) is 65.1 Å². The Morgan fingerprint density at radius 1 is 1.00 bits per heavy atom. The summed E-state index contributed by atoms with van der Waals surface area (Å²) in [6, 6.07) is 0. The maximum Gasteiger partial charge on any atom is 0.480 e. The van der Waals surface area contributed by atoms with Crippen molar-refractivity contribution in [3.8, 4) is 0 Å². The third-order valence-electron chi connectivity index (χ3n) is 2.77. The van der Waals surface area contributed by atoms with Crippen molar-refractivity contribution in [3.05, 3.63) is 12.2 Å². The summed E-state index contributed by atoms with van der Waals surface area (Å²) in [5.74, 6) is 0.0446. The molecule has 0 heterocycles. The fraction of sp³-hybridized carbons (Fsp3) is 0.769. The number of rotatable bonds is 10. The molecule has 124 valence electrons. The van der Waals surface area contributed by atoms with Crippen LogP contribution in [0.3, 0.4) is 0 Å². The van der Waals surface area contributed by atoms with Crippen LogP contribution in [0.1, 0.15) is 20.3 Å². The SMILES string of the molecule is C=C(C)C(=O)C(CC)[Si](O[SiH](C)C)(O[SiH](C)C)O[SiH](C)C. The van der Waals surface area contributed by atoms with Crippen LogP contribution in [0.4, 0.5) is 0 Å². The molecule has 0 aliphatic heterocycles. The molecule has 8 heteroatoms. The van der Waals surface area contributed by atoms with Gasteiger partial charge in [-0.15, -0.1) is 0 Å². The van der Waals surface area contributed by atoms with Gasteiger partial charge in [0, 0.05) is 0 Å². The lowest BCUT2D eigenvalue weighted by molar-refractivity contribution is -0.116. The molecule has 0 aromatic heterocycles. The molecular formula is C13H32O4Si4. The highest BCUT2D eigenvalue weighted by Crippen LogP contribution is 2.33. The molecule has 21 heavy (non-hydrogen) atoms. The molecule has 0 rings (SSSR count). The largest absolute Gasteiger partial charge is 0.480 e. The molecule has 0 aromatic carbocycles. The molecule has 4 nitrogen and oxygen atoms in total. The molecule has 0 radical (unpaired) electrons. The van der Waals surface area contributed by atoms with Crippen LogP contribution in [0, 0.1) is 0 Å². The summed E-state index contributed by atoms with van der Waals surface area (Å²) in [6.45, 7) is 20.2. The molecule has 0 spiro atoms.